The van der Waals surface area contributed by atoms with Gasteiger partial charge in [0.1, 0.15) is 22.6 Å². The maximum absolute atomic E-state index is 13.1. The summed E-state index contributed by atoms with van der Waals surface area (Å²) in [6.07, 6.45) is 7.31. The Labute approximate surface area is 161 Å². The number of hydrogen-bond donors (Lipinski definition) is 1. The fourth-order valence-corrected chi connectivity index (χ4v) is 3.83. The van der Waals surface area contributed by atoms with E-state index in [0.29, 0.717) is 18.8 Å². The highest BCUT2D eigenvalue weighted by Gasteiger charge is 2.32. The van der Waals surface area contributed by atoms with Gasteiger partial charge in [-0.25, -0.2) is 9.97 Å². The first-order valence-electron chi connectivity index (χ1n) is 8.07. The van der Waals surface area contributed by atoms with Crippen molar-refractivity contribution in [3.8, 4) is 10.6 Å². The number of aryl methyl sites for hydroxylation is 2. The van der Waals surface area contributed by atoms with Crippen LogP contribution in [-0.4, -0.2) is 54.8 Å². The van der Waals surface area contributed by atoms with E-state index in [4.69, 9.17) is 0 Å². The van der Waals surface area contributed by atoms with Gasteiger partial charge in [-0.05, 0) is 0 Å². The van der Waals surface area contributed by atoms with E-state index in [0.717, 1.165) is 22.9 Å². The number of rotatable bonds is 3. The molecule has 138 valence electrons. The van der Waals surface area contributed by atoms with Crippen molar-refractivity contribution in [2.45, 2.75) is 6.04 Å². The van der Waals surface area contributed by atoms with Gasteiger partial charge in [0.2, 0.25) is 0 Å². The third-order valence-corrected chi connectivity index (χ3v) is 5.23. The van der Waals surface area contributed by atoms with E-state index in [9.17, 15) is 4.79 Å². The second-order valence-electron chi connectivity index (χ2n) is 6.06. The number of hydrogen-bond acceptors (Lipinski definition) is 6. The van der Waals surface area contributed by atoms with E-state index in [1.807, 2.05) is 41.3 Å². The molecule has 26 heavy (non-hydrogen) atoms. The predicted molar refractivity (Wildman–Crippen MR) is 101 cm³/mol. The monoisotopic (exact) mass is 393 g/mol. The summed E-state index contributed by atoms with van der Waals surface area (Å²) in [7, 11) is 3.81. The summed E-state index contributed by atoms with van der Waals surface area (Å²) in [4.78, 5) is 23.9. The fraction of sp³-hybridized carbons (Fsp3) is 0.375. The van der Waals surface area contributed by atoms with Crippen LogP contribution in [0.15, 0.2) is 30.2 Å². The second-order valence-corrected chi connectivity index (χ2v) is 6.91. The molecule has 10 heteroatoms. The Morgan fingerprint density at radius 1 is 1.38 bits per heavy atom. The molecule has 0 aromatic carbocycles. The average Bonchev–Trinajstić information content (AvgIpc) is 3.34. The van der Waals surface area contributed by atoms with Crippen molar-refractivity contribution in [3.05, 3.63) is 41.7 Å². The molecule has 1 unspecified atom stereocenters. The van der Waals surface area contributed by atoms with Crippen LogP contribution in [0.5, 0.6) is 0 Å². The molecule has 8 nitrogen and oxygen atoms in total. The summed E-state index contributed by atoms with van der Waals surface area (Å²) in [5.74, 6) is 0.823. The number of amides is 1. The molecule has 4 heterocycles. The lowest BCUT2D eigenvalue weighted by Gasteiger charge is -2.35. The van der Waals surface area contributed by atoms with Gasteiger partial charge in [-0.15, -0.1) is 23.7 Å². The first-order chi connectivity index (χ1) is 12.1. The molecule has 0 spiro atoms. The number of thiazole rings is 1. The van der Waals surface area contributed by atoms with Crippen LogP contribution in [0.3, 0.4) is 0 Å². The van der Waals surface area contributed by atoms with E-state index in [1.54, 1.807) is 17.1 Å². The SMILES string of the molecule is Cl.Cn1cc(-c2nc(C(=O)N3CCNCC3c3nccn3C)cs2)cn1. The molecule has 1 amide bonds. The summed E-state index contributed by atoms with van der Waals surface area (Å²) in [5.41, 5.74) is 1.40. The standard InChI is InChI=1S/C16H19N7OS.ClH/c1-21-5-4-18-14(21)13-8-17-3-6-23(13)16(24)12-10-25-15(20-12)11-7-19-22(2)9-11;/h4-5,7,9-10,13,17H,3,6,8H2,1-2H3;1H. The Balaban J connectivity index is 0.00000196. The smallest absolute Gasteiger partial charge is 0.274 e. The molecule has 1 N–H and O–H groups in total. The third-order valence-electron chi connectivity index (χ3n) is 4.34. The Morgan fingerprint density at radius 3 is 2.92 bits per heavy atom. The summed E-state index contributed by atoms with van der Waals surface area (Å²) in [5, 5.41) is 10.1. The molecule has 3 aromatic heterocycles. The number of imidazole rings is 1. The van der Waals surface area contributed by atoms with Crippen LogP contribution >= 0.6 is 23.7 Å². The zero-order chi connectivity index (χ0) is 17.4. The van der Waals surface area contributed by atoms with Gasteiger partial charge in [-0.3, -0.25) is 9.48 Å². The molecule has 1 aliphatic rings. The van der Waals surface area contributed by atoms with Crippen LogP contribution in [0, 0.1) is 0 Å². The summed E-state index contributed by atoms with van der Waals surface area (Å²) in [6.45, 7) is 2.10. The maximum Gasteiger partial charge on any atom is 0.274 e. The number of aromatic nitrogens is 5. The molecule has 3 aromatic rings. The topological polar surface area (TPSA) is 80.9 Å². The van der Waals surface area contributed by atoms with Crippen LogP contribution in [-0.2, 0) is 14.1 Å². The molecule has 0 bridgehead atoms. The number of nitrogens with one attached hydrogen (secondary N) is 1. The minimum absolute atomic E-state index is 0. The Hall–Kier alpha value is -2.23. The lowest BCUT2D eigenvalue weighted by atomic mass is 10.1. The first kappa shape index (κ1) is 18.6. The van der Waals surface area contributed by atoms with Crippen LogP contribution < -0.4 is 5.32 Å². The quantitative estimate of drug-likeness (QED) is 0.729. The maximum atomic E-state index is 13.1. The van der Waals surface area contributed by atoms with Gasteiger partial charge in [0.25, 0.3) is 5.91 Å². The van der Waals surface area contributed by atoms with E-state index in [1.165, 1.54) is 11.3 Å². The van der Waals surface area contributed by atoms with Gasteiger partial charge in [0.15, 0.2) is 0 Å². The van der Waals surface area contributed by atoms with Gasteiger partial charge in [-0.1, -0.05) is 0 Å². The highest BCUT2D eigenvalue weighted by molar-refractivity contribution is 7.13. The first-order valence-corrected chi connectivity index (χ1v) is 8.95. The number of carbonyl (C=O) groups excluding carboxylic acids is 1. The summed E-state index contributed by atoms with van der Waals surface area (Å²) >= 11 is 1.46. The largest absolute Gasteiger partial charge is 0.336 e. The Kier molecular flexibility index (Phi) is 5.40. The molecule has 1 atom stereocenters. The van der Waals surface area contributed by atoms with Crippen molar-refractivity contribution in [2.75, 3.05) is 19.6 Å². The van der Waals surface area contributed by atoms with Crippen molar-refractivity contribution < 1.29 is 4.79 Å². The van der Waals surface area contributed by atoms with E-state index in [2.05, 4.69) is 20.4 Å². The molecule has 4 rings (SSSR count). The third kappa shape index (κ3) is 3.37. The lowest BCUT2D eigenvalue weighted by molar-refractivity contribution is 0.0615. The van der Waals surface area contributed by atoms with E-state index >= 15 is 0 Å². The minimum atomic E-state index is -0.0928. The van der Waals surface area contributed by atoms with Gasteiger partial charge >= 0.3 is 0 Å². The van der Waals surface area contributed by atoms with Gasteiger partial charge in [-0.2, -0.15) is 5.10 Å². The molecule has 0 saturated carbocycles. The number of halogens is 1. The highest BCUT2D eigenvalue weighted by atomic mass is 35.5. The van der Waals surface area contributed by atoms with Crippen molar-refractivity contribution in [1.29, 1.82) is 0 Å². The molecule has 0 aliphatic carbocycles. The van der Waals surface area contributed by atoms with Crippen molar-refractivity contribution >= 4 is 29.7 Å². The highest BCUT2D eigenvalue weighted by Crippen LogP contribution is 2.26. The second kappa shape index (κ2) is 7.56. The number of piperazine rings is 1. The van der Waals surface area contributed by atoms with Gasteiger partial charge < -0.3 is 14.8 Å². The minimum Gasteiger partial charge on any atom is -0.336 e. The zero-order valence-electron chi connectivity index (χ0n) is 14.5. The lowest BCUT2D eigenvalue weighted by Crippen LogP contribution is -2.49. The van der Waals surface area contributed by atoms with Gasteiger partial charge in [0.05, 0.1) is 6.20 Å². The van der Waals surface area contributed by atoms with Gasteiger partial charge in [0, 0.05) is 63.3 Å². The summed E-state index contributed by atoms with van der Waals surface area (Å²) in [6, 6.07) is -0.0928. The molecular weight excluding hydrogens is 374 g/mol. The normalized spacial score (nSPS) is 17.2. The van der Waals surface area contributed by atoms with Crippen molar-refractivity contribution in [3.63, 3.8) is 0 Å². The van der Waals surface area contributed by atoms with Crippen LogP contribution in [0.25, 0.3) is 10.6 Å². The zero-order valence-corrected chi connectivity index (χ0v) is 16.1. The predicted octanol–water partition coefficient (Wildman–Crippen LogP) is 1.49. The molecule has 1 saturated heterocycles. The van der Waals surface area contributed by atoms with E-state index < -0.39 is 0 Å². The van der Waals surface area contributed by atoms with E-state index in [-0.39, 0.29) is 24.4 Å². The molecular formula is C16H20ClN7OS. The van der Waals surface area contributed by atoms with Crippen molar-refractivity contribution in [2.24, 2.45) is 14.1 Å². The Morgan fingerprint density at radius 2 is 2.23 bits per heavy atom. The fourth-order valence-electron chi connectivity index (χ4n) is 3.06. The van der Waals surface area contributed by atoms with Crippen molar-refractivity contribution in [1.82, 2.24) is 34.5 Å². The molecule has 1 fully saturated rings. The summed E-state index contributed by atoms with van der Waals surface area (Å²) < 4.78 is 3.69. The Bertz CT molecular complexity index is 902. The number of carbonyl (C=O) groups is 1. The molecule has 0 radical (unpaired) electrons. The van der Waals surface area contributed by atoms with Crippen LogP contribution in [0.4, 0.5) is 0 Å². The average molecular weight is 394 g/mol. The van der Waals surface area contributed by atoms with Crippen LogP contribution in [0.1, 0.15) is 22.4 Å². The number of nitrogens with zero attached hydrogens (tertiary/aromatic N) is 6. The van der Waals surface area contributed by atoms with Crippen LogP contribution in [0.2, 0.25) is 0 Å². The molecule has 1 aliphatic heterocycles.